The molecular formula is C7H15NO3S. The number of hydrogen-bond acceptors (Lipinski definition) is 3. The van der Waals surface area contributed by atoms with Gasteiger partial charge in [0.15, 0.2) is 0 Å². The van der Waals surface area contributed by atoms with E-state index < -0.39 is 10.0 Å². The first-order chi connectivity index (χ1) is 5.52. The van der Waals surface area contributed by atoms with Crippen molar-refractivity contribution in [2.75, 3.05) is 26.0 Å². The second-order valence-corrected chi connectivity index (χ2v) is 5.09. The molecule has 0 radical (unpaired) electrons. The highest BCUT2D eigenvalue weighted by Crippen LogP contribution is 2.10. The molecule has 1 atom stereocenters. The van der Waals surface area contributed by atoms with Crippen LogP contribution in [0.4, 0.5) is 0 Å². The van der Waals surface area contributed by atoms with Crippen LogP contribution in [-0.4, -0.2) is 44.8 Å². The normalized spacial score (nSPS) is 28.3. The van der Waals surface area contributed by atoms with Crippen molar-refractivity contribution in [2.45, 2.75) is 19.4 Å². The van der Waals surface area contributed by atoms with E-state index in [0.717, 1.165) is 6.42 Å². The molecule has 0 aliphatic carbocycles. The fraction of sp³-hybridized carbons (Fsp3) is 1.00. The van der Waals surface area contributed by atoms with Crippen LogP contribution in [0.5, 0.6) is 0 Å². The minimum atomic E-state index is -3.05. The predicted octanol–water partition coefficient (Wildman–Crippen LogP) is 0.0568. The third-order valence-corrected chi connectivity index (χ3v) is 3.34. The third kappa shape index (κ3) is 2.43. The minimum Gasteiger partial charge on any atom is -0.380 e. The Balaban J connectivity index is 2.72. The molecule has 72 valence electrons. The summed E-state index contributed by atoms with van der Waals surface area (Å²) in [5, 5.41) is 0. The van der Waals surface area contributed by atoms with Crippen LogP contribution in [0.3, 0.4) is 0 Å². The average molecular weight is 193 g/mol. The molecule has 0 aromatic carbocycles. The molecule has 0 N–H and O–H groups in total. The zero-order valence-electron chi connectivity index (χ0n) is 7.49. The molecular weight excluding hydrogens is 178 g/mol. The van der Waals surface area contributed by atoms with Crippen molar-refractivity contribution in [1.82, 2.24) is 4.31 Å². The standard InChI is InChI=1S/C7H15NO3S/c1-7-6-11-5-3-4-8(7)12(2,9)10/h7H,3-6H2,1-2H3. The Bertz CT molecular complexity index is 237. The van der Waals surface area contributed by atoms with Gasteiger partial charge in [-0.2, -0.15) is 4.31 Å². The zero-order valence-corrected chi connectivity index (χ0v) is 8.30. The van der Waals surface area contributed by atoms with Crippen molar-refractivity contribution in [3.05, 3.63) is 0 Å². The molecule has 1 saturated heterocycles. The monoisotopic (exact) mass is 193 g/mol. The quantitative estimate of drug-likeness (QED) is 0.591. The van der Waals surface area contributed by atoms with Gasteiger partial charge in [-0.3, -0.25) is 0 Å². The molecule has 0 bridgehead atoms. The number of hydrogen-bond donors (Lipinski definition) is 0. The molecule has 1 aliphatic heterocycles. The highest BCUT2D eigenvalue weighted by Gasteiger charge is 2.24. The van der Waals surface area contributed by atoms with E-state index in [0.29, 0.717) is 19.8 Å². The van der Waals surface area contributed by atoms with Crippen molar-refractivity contribution < 1.29 is 13.2 Å². The average Bonchev–Trinajstić information content (AvgIpc) is 2.11. The number of nitrogens with zero attached hydrogens (tertiary/aromatic N) is 1. The largest absolute Gasteiger partial charge is 0.380 e. The molecule has 0 aromatic heterocycles. The van der Waals surface area contributed by atoms with E-state index in [1.54, 1.807) is 0 Å². The van der Waals surface area contributed by atoms with Crippen molar-refractivity contribution in [2.24, 2.45) is 0 Å². The summed E-state index contributed by atoms with van der Waals surface area (Å²) in [6.07, 6.45) is 2.03. The van der Waals surface area contributed by atoms with Crippen LogP contribution in [0.25, 0.3) is 0 Å². The molecule has 1 heterocycles. The van der Waals surface area contributed by atoms with E-state index in [-0.39, 0.29) is 6.04 Å². The molecule has 5 heteroatoms. The Morgan fingerprint density at radius 1 is 1.50 bits per heavy atom. The van der Waals surface area contributed by atoms with Gasteiger partial charge in [0.05, 0.1) is 12.9 Å². The molecule has 1 rings (SSSR count). The van der Waals surface area contributed by atoms with Gasteiger partial charge in [-0.05, 0) is 13.3 Å². The van der Waals surface area contributed by atoms with Crippen molar-refractivity contribution >= 4 is 10.0 Å². The molecule has 0 spiro atoms. The Morgan fingerprint density at radius 3 is 2.75 bits per heavy atom. The summed E-state index contributed by atoms with van der Waals surface area (Å²) in [7, 11) is -3.05. The van der Waals surface area contributed by atoms with Crippen LogP contribution >= 0.6 is 0 Å². The molecule has 4 nitrogen and oxygen atoms in total. The first-order valence-electron chi connectivity index (χ1n) is 4.06. The molecule has 0 saturated carbocycles. The SMILES string of the molecule is CC1COCCCN1S(C)(=O)=O. The second kappa shape index (κ2) is 3.72. The third-order valence-electron chi connectivity index (χ3n) is 1.94. The highest BCUT2D eigenvalue weighted by atomic mass is 32.2. The Hall–Kier alpha value is -0.130. The van der Waals surface area contributed by atoms with Crippen LogP contribution < -0.4 is 0 Å². The molecule has 1 unspecified atom stereocenters. The summed E-state index contributed by atoms with van der Waals surface area (Å²) in [6, 6.07) is -0.0255. The Kier molecular flexibility index (Phi) is 3.09. The van der Waals surface area contributed by atoms with Crippen LogP contribution in [0.15, 0.2) is 0 Å². The second-order valence-electron chi connectivity index (χ2n) is 3.15. The van der Waals surface area contributed by atoms with Gasteiger partial charge >= 0.3 is 0 Å². The molecule has 0 aromatic rings. The summed E-state index contributed by atoms with van der Waals surface area (Å²) in [4.78, 5) is 0. The molecule has 1 aliphatic rings. The lowest BCUT2D eigenvalue weighted by molar-refractivity contribution is 0.126. The van der Waals surface area contributed by atoms with E-state index in [4.69, 9.17) is 4.74 Å². The fourth-order valence-electron chi connectivity index (χ4n) is 1.37. The van der Waals surface area contributed by atoms with Gasteiger partial charge in [0.2, 0.25) is 10.0 Å². The van der Waals surface area contributed by atoms with E-state index >= 15 is 0 Å². The summed E-state index contributed by atoms with van der Waals surface area (Å²) < 4.78 is 29.2. The zero-order chi connectivity index (χ0) is 9.19. The van der Waals surface area contributed by atoms with E-state index in [9.17, 15) is 8.42 Å². The van der Waals surface area contributed by atoms with Gasteiger partial charge in [-0.1, -0.05) is 0 Å². The van der Waals surface area contributed by atoms with Gasteiger partial charge in [-0.15, -0.1) is 0 Å². The maximum atomic E-state index is 11.2. The van der Waals surface area contributed by atoms with Crippen molar-refractivity contribution in [3.8, 4) is 0 Å². The van der Waals surface area contributed by atoms with Crippen molar-refractivity contribution in [3.63, 3.8) is 0 Å². The predicted molar refractivity (Wildman–Crippen MR) is 46.4 cm³/mol. The lowest BCUT2D eigenvalue weighted by Gasteiger charge is -2.23. The smallest absolute Gasteiger partial charge is 0.211 e. The van der Waals surface area contributed by atoms with Gasteiger partial charge < -0.3 is 4.74 Å². The van der Waals surface area contributed by atoms with Gasteiger partial charge in [0.25, 0.3) is 0 Å². The topological polar surface area (TPSA) is 46.6 Å². The number of ether oxygens (including phenoxy) is 1. The van der Waals surface area contributed by atoms with Crippen LogP contribution in [0, 0.1) is 0 Å². The van der Waals surface area contributed by atoms with Crippen LogP contribution in [0.2, 0.25) is 0 Å². The van der Waals surface area contributed by atoms with E-state index in [2.05, 4.69) is 0 Å². The van der Waals surface area contributed by atoms with E-state index in [1.807, 2.05) is 6.92 Å². The summed E-state index contributed by atoms with van der Waals surface area (Å²) >= 11 is 0. The van der Waals surface area contributed by atoms with Gasteiger partial charge in [0, 0.05) is 19.2 Å². The van der Waals surface area contributed by atoms with Crippen LogP contribution in [-0.2, 0) is 14.8 Å². The maximum Gasteiger partial charge on any atom is 0.211 e. The van der Waals surface area contributed by atoms with Gasteiger partial charge in [0.1, 0.15) is 0 Å². The molecule has 1 fully saturated rings. The molecule has 0 amide bonds. The van der Waals surface area contributed by atoms with Crippen LogP contribution in [0.1, 0.15) is 13.3 Å². The summed E-state index contributed by atoms with van der Waals surface area (Å²) in [5.41, 5.74) is 0. The minimum absolute atomic E-state index is 0.0255. The number of rotatable bonds is 1. The number of sulfonamides is 1. The highest BCUT2D eigenvalue weighted by molar-refractivity contribution is 7.88. The first kappa shape index (κ1) is 9.95. The fourth-order valence-corrected chi connectivity index (χ4v) is 2.55. The Morgan fingerprint density at radius 2 is 2.17 bits per heavy atom. The first-order valence-corrected chi connectivity index (χ1v) is 5.91. The summed E-state index contributed by atoms with van der Waals surface area (Å²) in [5.74, 6) is 0. The van der Waals surface area contributed by atoms with Crippen molar-refractivity contribution in [1.29, 1.82) is 0 Å². The lowest BCUT2D eigenvalue weighted by atomic mass is 10.3. The lowest BCUT2D eigenvalue weighted by Crippen LogP contribution is -2.39. The van der Waals surface area contributed by atoms with Gasteiger partial charge in [-0.25, -0.2) is 8.42 Å². The van der Waals surface area contributed by atoms with E-state index in [1.165, 1.54) is 10.6 Å². The summed E-state index contributed by atoms with van der Waals surface area (Å²) in [6.45, 7) is 3.62. The maximum absolute atomic E-state index is 11.2. The molecule has 12 heavy (non-hydrogen) atoms. The Labute approximate surface area is 73.6 Å².